The van der Waals surface area contributed by atoms with Gasteiger partial charge in [0.05, 0.1) is 0 Å². The van der Waals surface area contributed by atoms with E-state index in [9.17, 15) is 0 Å². The van der Waals surface area contributed by atoms with E-state index in [1.807, 2.05) is 0 Å². The molecule has 100 valence electrons. The molecule has 3 rings (SSSR count). The van der Waals surface area contributed by atoms with Gasteiger partial charge in [0.2, 0.25) is 0 Å². The minimum absolute atomic E-state index is 0.467. The highest BCUT2D eigenvalue weighted by Crippen LogP contribution is 2.47. The Morgan fingerprint density at radius 2 is 1.63 bits per heavy atom. The molecule has 2 heteroatoms. The van der Waals surface area contributed by atoms with Crippen LogP contribution in [0.1, 0.15) is 51.0 Å². The molecule has 1 aromatic rings. The van der Waals surface area contributed by atoms with Crippen LogP contribution in [0.3, 0.4) is 0 Å². The number of fused-ring (bicyclic) bond motifs is 2. The summed E-state index contributed by atoms with van der Waals surface area (Å²) < 4.78 is 6.45. The van der Waals surface area contributed by atoms with Crippen molar-refractivity contribution >= 4 is 12.7 Å². The molecule has 2 bridgehead atoms. The van der Waals surface area contributed by atoms with E-state index < -0.39 is 0 Å². The Bertz CT molecular complexity index is 418. The number of hydrogen-bond donors (Lipinski definition) is 0. The van der Waals surface area contributed by atoms with Crippen LogP contribution in [0.15, 0.2) is 36.4 Å². The molecule has 2 aliphatic heterocycles. The summed E-state index contributed by atoms with van der Waals surface area (Å²) in [6, 6.07) is 10.5. The molecule has 1 nitrogen and oxygen atoms in total. The zero-order valence-electron chi connectivity index (χ0n) is 11.8. The van der Waals surface area contributed by atoms with Crippen molar-refractivity contribution < 1.29 is 4.65 Å². The van der Waals surface area contributed by atoms with Gasteiger partial charge < -0.3 is 4.65 Å². The number of allylic oxidation sites excluding steroid dienone is 1. The first-order chi connectivity index (χ1) is 9.38. The second kappa shape index (κ2) is 5.86. The van der Waals surface area contributed by atoms with Crippen LogP contribution in [0.25, 0.3) is 5.76 Å². The molecule has 1 aromatic carbocycles. The van der Waals surface area contributed by atoms with Crippen molar-refractivity contribution in [3.05, 3.63) is 42.0 Å². The molecule has 0 aliphatic carbocycles. The van der Waals surface area contributed by atoms with Crippen LogP contribution in [0, 0.1) is 0 Å². The van der Waals surface area contributed by atoms with E-state index >= 15 is 0 Å². The first kappa shape index (κ1) is 12.8. The second-order valence-electron chi connectivity index (χ2n) is 5.98. The highest BCUT2D eigenvalue weighted by Gasteiger charge is 2.42. The lowest BCUT2D eigenvalue weighted by atomic mass is 9.38. The van der Waals surface area contributed by atoms with Gasteiger partial charge in [-0.25, -0.2) is 0 Å². The van der Waals surface area contributed by atoms with E-state index in [0.717, 1.165) is 17.4 Å². The molecule has 2 fully saturated rings. The molecular formula is C17H23BO. The van der Waals surface area contributed by atoms with Gasteiger partial charge in [0.25, 0.3) is 0 Å². The van der Waals surface area contributed by atoms with Crippen molar-refractivity contribution in [1.29, 1.82) is 0 Å². The first-order valence-electron chi connectivity index (χ1n) is 7.77. The van der Waals surface area contributed by atoms with E-state index in [0.29, 0.717) is 6.92 Å². The van der Waals surface area contributed by atoms with Crippen LogP contribution in [0.5, 0.6) is 0 Å². The van der Waals surface area contributed by atoms with Gasteiger partial charge in [-0.3, -0.25) is 0 Å². The summed E-state index contributed by atoms with van der Waals surface area (Å²) in [4.78, 5) is 0. The predicted molar refractivity (Wildman–Crippen MR) is 82.1 cm³/mol. The fraction of sp³-hybridized carbons (Fsp3) is 0.529. The summed E-state index contributed by atoms with van der Waals surface area (Å²) in [5, 5.41) is 0. The zero-order chi connectivity index (χ0) is 13.1. The Morgan fingerprint density at radius 1 is 1.05 bits per heavy atom. The van der Waals surface area contributed by atoms with Crippen LogP contribution in [-0.4, -0.2) is 6.92 Å². The lowest BCUT2D eigenvalue weighted by Crippen LogP contribution is -2.36. The summed E-state index contributed by atoms with van der Waals surface area (Å²) in [5.41, 5.74) is 1.22. The predicted octanol–water partition coefficient (Wildman–Crippen LogP) is 5.16. The van der Waals surface area contributed by atoms with Gasteiger partial charge >= 0.3 is 6.92 Å². The van der Waals surface area contributed by atoms with E-state index in [-0.39, 0.29) is 0 Å². The lowest BCUT2D eigenvalue weighted by molar-refractivity contribution is 0.367. The van der Waals surface area contributed by atoms with Crippen molar-refractivity contribution in [2.45, 2.75) is 57.1 Å². The molecule has 2 saturated heterocycles. The Kier molecular flexibility index (Phi) is 3.96. The molecule has 2 aliphatic rings. The molecule has 0 unspecified atom stereocenters. The second-order valence-corrected chi connectivity index (χ2v) is 5.98. The Labute approximate surface area is 117 Å². The summed E-state index contributed by atoms with van der Waals surface area (Å²) in [6.45, 7) is 2.55. The number of benzene rings is 1. The molecule has 0 saturated carbocycles. The number of hydrogen-bond acceptors (Lipinski definition) is 1. The molecule has 0 atom stereocenters. The van der Waals surface area contributed by atoms with Gasteiger partial charge in [-0.05, 0) is 24.6 Å². The van der Waals surface area contributed by atoms with E-state index in [4.69, 9.17) is 4.65 Å². The normalized spacial score (nSPS) is 27.2. The standard InChI is InChI=1S/C17H23BO/c1-2-17(14-8-4-3-5-9-14)19-18-15-10-6-11-16(18)13-7-12-15/h2-5,8-9,15-16H,6-7,10-13H2,1H3/b17-2-. The molecule has 0 N–H and O–H groups in total. The topological polar surface area (TPSA) is 9.23 Å². The van der Waals surface area contributed by atoms with Crippen LogP contribution in [-0.2, 0) is 4.65 Å². The maximum absolute atomic E-state index is 6.45. The van der Waals surface area contributed by atoms with Gasteiger partial charge in [-0.15, -0.1) is 0 Å². The van der Waals surface area contributed by atoms with Crippen molar-refractivity contribution in [1.82, 2.24) is 0 Å². The Morgan fingerprint density at radius 3 is 2.16 bits per heavy atom. The van der Waals surface area contributed by atoms with E-state index in [1.165, 1.54) is 44.1 Å². The van der Waals surface area contributed by atoms with Crippen LogP contribution >= 0.6 is 0 Å². The highest BCUT2D eigenvalue weighted by molar-refractivity contribution is 6.57. The van der Waals surface area contributed by atoms with Crippen molar-refractivity contribution in [2.75, 3.05) is 0 Å². The largest absolute Gasteiger partial charge is 0.560 e. The highest BCUT2D eigenvalue weighted by atomic mass is 16.4. The van der Waals surface area contributed by atoms with E-state index in [1.54, 1.807) is 0 Å². The van der Waals surface area contributed by atoms with Crippen molar-refractivity contribution in [3.8, 4) is 0 Å². The summed E-state index contributed by atoms with van der Waals surface area (Å²) in [5.74, 6) is 2.67. The summed E-state index contributed by atoms with van der Waals surface area (Å²) in [6.07, 6.45) is 10.4. The molecule has 2 heterocycles. The van der Waals surface area contributed by atoms with Crippen LogP contribution < -0.4 is 0 Å². The fourth-order valence-corrected chi connectivity index (χ4v) is 3.86. The van der Waals surface area contributed by atoms with Gasteiger partial charge in [0.15, 0.2) is 0 Å². The van der Waals surface area contributed by atoms with Gasteiger partial charge in [-0.1, -0.05) is 68.9 Å². The fourth-order valence-electron chi connectivity index (χ4n) is 3.86. The quantitative estimate of drug-likeness (QED) is 0.534. The van der Waals surface area contributed by atoms with Gasteiger partial charge in [-0.2, -0.15) is 0 Å². The third kappa shape index (κ3) is 2.73. The average Bonchev–Trinajstić information content (AvgIpc) is 2.45. The molecule has 0 aromatic heterocycles. The van der Waals surface area contributed by atoms with Crippen molar-refractivity contribution in [2.24, 2.45) is 0 Å². The maximum atomic E-state index is 6.45. The van der Waals surface area contributed by atoms with Crippen molar-refractivity contribution in [3.63, 3.8) is 0 Å². The van der Waals surface area contributed by atoms with Crippen LogP contribution in [0.4, 0.5) is 0 Å². The zero-order valence-corrected chi connectivity index (χ0v) is 11.8. The first-order valence-corrected chi connectivity index (χ1v) is 7.77. The molecule has 0 spiro atoms. The third-order valence-electron chi connectivity index (χ3n) is 4.81. The molecular weight excluding hydrogens is 231 g/mol. The molecule has 0 amide bonds. The summed E-state index contributed by atoms with van der Waals surface area (Å²) in [7, 11) is 0. The third-order valence-corrected chi connectivity index (χ3v) is 4.81. The lowest BCUT2D eigenvalue weighted by Gasteiger charge is -2.39. The van der Waals surface area contributed by atoms with E-state index in [2.05, 4.69) is 43.3 Å². The molecule has 0 radical (unpaired) electrons. The van der Waals surface area contributed by atoms with Crippen LogP contribution in [0.2, 0.25) is 11.6 Å². The monoisotopic (exact) mass is 254 g/mol. The average molecular weight is 254 g/mol. The number of rotatable bonds is 3. The van der Waals surface area contributed by atoms with Gasteiger partial charge in [0.1, 0.15) is 5.76 Å². The SMILES string of the molecule is C/C=C(\OB1C2CCCC1CCC2)c1ccccc1. The summed E-state index contributed by atoms with van der Waals surface area (Å²) >= 11 is 0. The Hall–Kier alpha value is -1.18. The Balaban J connectivity index is 1.76. The smallest absolute Gasteiger partial charge is 0.364 e. The molecule has 19 heavy (non-hydrogen) atoms. The minimum Gasteiger partial charge on any atom is -0.560 e. The maximum Gasteiger partial charge on any atom is 0.364 e. The van der Waals surface area contributed by atoms with Gasteiger partial charge in [0, 0.05) is 5.56 Å². The minimum atomic E-state index is 0.467.